The summed E-state index contributed by atoms with van der Waals surface area (Å²) in [7, 11) is 2.19. The number of benzene rings is 1. The first kappa shape index (κ1) is 23.2. The number of anilines is 1. The predicted molar refractivity (Wildman–Crippen MR) is 142 cm³/mol. The lowest BCUT2D eigenvalue weighted by molar-refractivity contribution is -0.114. The molecule has 1 atom stereocenters. The SMILES string of the molecule is C=CN=CC=C=Cc1nn(-c2ccc(C3CCCN3C)cc2)c2c1CCc1nc(NC(C)=O)sc1-2. The summed E-state index contributed by atoms with van der Waals surface area (Å²) in [4.78, 5) is 23.8. The summed E-state index contributed by atoms with van der Waals surface area (Å²) in [5.74, 6) is -0.118. The van der Waals surface area contributed by atoms with Crippen LogP contribution in [0, 0.1) is 0 Å². The number of carbonyl (C=O) groups is 1. The van der Waals surface area contributed by atoms with Crippen molar-refractivity contribution in [2.75, 3.05) is 18.9 Å². The van der Waals surface area contributed by atoms with Crippen molar-refractivity contribution in [2.24, 2.45) is 4.99 Å². The predicted octanol–water partition coefficient (Wildman–Crippen LogP) is 5.20. The first-order valence-electron chi connectivity index (χ1n) is 11.8. The van der Waals surface area contributed by atoms with Gasteiger partial charge in [-0.15, -0.1) is 5.73 Å². The third-order valence-corrected chi connectivity index (χ3v) is 7.47. The molecule has 1 fully saturated rings. The number of aryl methyl sites for hydroxylation is 1. The molecular formula is C27H28N6OS. The standard InChI is InChI=1S/C27H28N6OS/c1-4-28-16-6-5-8-22-21-14-15-23-26(35-27(30-23)29-18(2)34)25(21)33(31-22)20-12-10-19(11-13-20)24-9-7-17-32(24)3/h4,6,8,10-13,16,24H,1,7,9,14-15,17H2,2-3H3,(H,29,30,34). The van der Waals surface area contributed by atoms with Crippen molar-refractivity contribution in [3.8, 4) is 16.3 Å². The van der Waals surface area contributed by atoms with Crippen molar-refractivity contribution in [1.82, 2.24) is 19.7 Å². The van der Waals surface area contributed by atoms with Crippen LogP contribution >= 0.6 is 11.3 Å². The Morgan fingerprint density at radius 2 is 2.14 bits per heavy atom. The molecule has 3 heterocycles. The van der Waals surface area contributed by atoms with E-state index in [0.29, 0.717) is 11.2 Å². The third-order valence-electron chi connectivity index (χ3n) is 6.45. The Hall–Kier alpha value is -3.58. The smallest absolute Gasteiger partial charge is 0.223 e. The van der Waals surface area contributed by atoms with Crippen molar-refractivity contribution in [3.63, 3.8) is 0 Å². The maximum absolute atomic E-state index is 11.6. The van der Waals surface area contributed by atoms with E-state index in [9.17, 15) is 4.79 Å². The van der Waals surface area contributed by atoms with Gasteiger partial charge in [-0.3, -0.25) is 14.7 Å². The zero-order valence-corrected chi connectivity index (χ0v) is 20.8. The van der Waals surface area contributed by atoms with Crippen molar-refractivity contribution in [2.45, 2.75) is 38.6 Å². The van der Waals surface area contributed by atoms with E-state index in [2.05, 4.69) is 63.8 Å². The van der Waals surface area contributed by atoms with Crippen LogP contribution in [0.1, 0.15) is 48.3 Å². The molecule has 3 aromatic rings. The minimum Gasteiger partial charge on any atom is -0.302 e. The number of allylic oxidation sites excluding steroid dienone is 1. The number of aliphatic imine (C=N–C) groups is 1. The van der Waals surface area contributed by atoms with Gasteiger partial charge in [-0.2, -0.15) is 5.10 Å². The number of hydrogen-bond acceptors (Lipinski definition) is 6. The monoisotopic (exact) mass is 484 g/mol. The average molecular weight is 485 g/mol. The van der Waals surface area contributed by atoms with E-state index in [-0.39, 0.29) is 5.91 Å². The number of rotatable bonds is 6. The second-order valence-electron chi connectivity index (χ2n) is 8.79. The Bertz CT molecular complexity index is 1360. The molecule has 1 unspecified atom stereocenters. The van der Waals surface area contributed by atoms with Gasteiger partial charge in [0.2, 0.25) is 5.91 Å². The molecule has 1 aromatic carbocycles. The van der Waals surface area contributed by atoms with Gasteiger partial charge in [-0.25, -0.2) is 9.67 Å². The zero-order valence-electron chi connectivity index (χ0n) is 20.0. The van der Waals surface area contributed by atoms with Gasteiger partial charge in [0.25, 0.3) is 0 Å². The van der Waals surface area contributed by atoms with Gasteiger partial charge in [0.05, 0.1) is 27.6 Å². The number of nitrogens with zero attached hydrogens (tertiary/aromatic N) is 5. The molecule has 1 amide bonds. The second kappa shape index (κ2) is 9.96. The van der Waals surface area contributed by atoms with Crippen LogP contribution in [0.25, 0.3) is 22.3 Å². The van der Waals surface area contributed by atoms with Crippen molar-refractivity contribution in [1.29, 1.82) is 0 Å². The molecule has 35 heavy (non-hydrogen) atoms. The number of amides is 1. The number of likely N-dealkylation sites (tertiary alicyclic amines) is 1. The highest BCUT2D eigenvalue weighted by atomic mass is 32.1. The van der Waals surface area contributed by atoms with Gasteiger partial charge in [-0.1, -0.05) is 30.0 Å². The largest absolute Gasteiger partial charge is 0.302 e. The van der Waals surface area contributed by atoms with Gasteiger partial charge >= 0.3 is 0 Å². The van der Waals surface area contributed by atoms with Crippen molar-refractivity contribution in [3.05, 3.63) is 71.4 Å². The van der Waals surface area contributed by atoms with Gasteiger partial charge in [0.15, 0.2) is 5.13 Å². The summed E-state index contributed by atoms with van der Waals surface area (Å²) in [6.07, 6.45) is 10.8. The lowest BCUT2D eigenvalue weighted by Crippen LogP contribution is -2.17. The molecule has 1 N–H and O–H groups in total. The first-order chi connectivity index (χ1) is 17.0. The molecule has 0 saturated carbocycles. The molecule has 1 aliphatic carbocycles. The summed E-state index contributed by atoms with van der Waals surface area (Å²) < 4.78 is 2.01. The summed E-state index contributed by atoms with van der Waals surface area (Å²) in [6, 6.07) is 9.22. The highest BCUT2D eigenvalue weighted by molar-refractivity contribution is 7.19. The van der Waals surface area contributed by atoms with E-state index in [1.54, 1.807) is 12.3 Å². The molecule has 1 aliphatic heterocycles. The molecule has 178 valence electrons. The Labute approximate surface area is 209 Å². The van der Waals surface area contributed by atoms with Crippen LogP contribution in [0.2, 0.25) is 0 Å². The number of aromatic nitrogens is 3. The molecule has 0 bridgehead atoms. The van der Waals surface area contributed by atoms with Crippen LogP contribution in [-0.2, 0) is 17.6 Å². The van der Waals surface area contributed by atoms with Crippen LogP contribution in [-0.4, -0.2) is 45.4 Å². The molecule has 8 heteroatoms. The average Bonchev–Trinajstić information content (AvgIpc) is 3.55. The van der Waals surface area contributed by atoms with E-state index < -0.39 is 0 Å². The molecular weight excluding hydrogens is 456 g/mol. The topological polar surface area (TPSA) is 75.4 Å². The van der Waals surface area contributed by atoms with E-state index in [0.717, 1.165) is 52.6 Å². The number of carbonyl (C=O) groups excluding carboxylic acids is 1. The lowest BCUT2D eigenvalue weighted by atomic mass is 9.97. The van der Waals surface area contributed by atoms with Crippen molar-refractivity contribution < 1.29 is 4.79 Å². The lowest BCUT2D eigenvalue weighted by Gasteiger charge is -2.20. The second-order valence-corrected chi connectivity index (χ2v) is 9.79. The van der Waals surface area contributed by atoms with Crippen molar-refractivity contribution >= 4 is 34.7 Å². The normalized spacial score (nSPS) is 17.0. The fraction of sp³-hybridized carbons (Fsp3) is 0.296. The maximum atomic E-state index is 11.6. The maximum Gasteiger partial charge on any atom is 0.223 e. The van der Waals surface area contributed by atoms with Crippen LogP contribution in [0.5, 0.6) is 0 Å². The number of thiazole rings is 1. The molecule has 5 rings (SSSR count). The van der Waals surface area contributed by atoms with E-state index >= 15 is 0 Å². The summed E-state index contributed by atoms with van der Waals surface area (Å²) in [5, 5.41) is 8.45. The van der Waals surface area contributed by atoms with Gasteiger partial charge < -0.3 is 5.32 Å². The van der Waals surface area contributed by atoms with Gasteiger partial charge in [0, 0.05) is 37.0 Å². The van der Waals surface area contributed by atoms with Gasteiger partial charge in [0.1, 0.15) is 0 Å². The molecule has 7 nitrogen and oxygen atoms in total. The molecule has 2 aliphatic rings. The number of nitrogens with one attached hydrogen (secondary N) is 1. The van der Waals surface area contributed by atoms with E-state index in [4.69, 9.17) is 5.10 Å². The van der Waals surface area contributed by atoms with E-state index in [1.165, 1.54) is 42.9 Å². The Morgan fingerprint density at radius 1 is 1.31 bits per heavy atom. The summed E-state index contributed by atoms with van der Waals surface area (Å²) in [6.45, 7) is 6.23. The Kier molecular flexibility index (Phi) is 6.59. The fourth-order valence-electron chi connectivity index (χ4n) is 4.85. The Balaban J connectivity index is 1.58. The molecule has 0 radical (unpaired) electrons. The Morgan fingerprint density at radius 3 is 2.86 bits per heavy atom. The first-order valence-corrected chi connectivity index (χ1v) is 12.6. The van der Waals surface area contributed by atoms with Crippen LogP contribution < -0.4 is 5.32 Å². The number of fused-ring (bicyclic) bond motifs is 3. The van der Waals surface area contributed by atoms with Crippen LogP contribution in [0.3, 0.4) is 0 Å². The highest BCUT2D eigenvalue weighted by Crippen LogP contribution is 2.42. The highest BCUT2D eigenvalue weighted by Gasteiger charge is 2.29. The van der Waals surface area contributed by atoms with Gasteiger partial charge in [-0.05, 0) is 63.0 Å². The zero-order chi connectivity index (χ0) is 24.4. The minimum absolute atomic E-state index is 0.118. The van der Waals surface area contributed by atoms with E-state index in [1.807, 2.05) is 10.8 Å². The van der Waals surface area contributed by atoms with Crippen LogP contribution in [0.4, 0.5) is 5.13 Å². The fourth-order valence-corrected chi connectivity index (χ4v) is 5.96. The molecule has 1 saturated heterocycles. The third kappa shape index (κ3) is 4.68. The molecule has 2 aromatic heterocycles. The summed E-state index contributed by atoms with van der Waals surface area (Å²) in [5.41, 5.74) is 9.59. The summed E-state index contributed by atoms with van der Waals surface area (Å²) >= 11 is 1.50. The van der Waals surface area contributed by atoms with Crippen LogP contribution in [0.15, 0.2) is 53.8 Å². The minimum atomic E-state index is -0.118. The number of hydrogen-bond donors (Lipinski definition) is 1. The molecule has 0 spiro atoms. The quantitative estimate of drug-likeness (QED) is 0.385.